The van der Waals surface area contributed by atoms with Gasteiger partial charge in [-0.2, -0.15) is 15.0 Å². The zero-order valence-electron chi connectivity index (χ0n) is 18.6. The molecule has 0 amide bonds. The Morgan fingerprint density at radius 2 is 1.45 bits per heavy atom. The predicted octanol–water partition coefficient (Wildman–Crippen LogP) is 3.61. The van der Waals surface area contributed by atoms with E-state index in [0.717, 1.165) is 36.0 Å². The van der Waals surface area contributed by atoms with Gasteiger partial charge in [0.15, 0.2) is 0 Å². The first-order chi connectivity index (χ1) is 15.7. The zero-order chi connectivity index (χ0) is 23.8. The number of benzene rings is 2. The standard InChI is InChI=1S/C22H26N6.Mo.2H2O.2O/c1-16-11-12-19(17(2)15-16)24-21-25-20(23-18-9-5-3-6-10-18)26-22(27-21)28-13-7-4-8-14-28;;;;;/h3,5-6,9-12,15H,4,7-8,13-14H2,1-2H3,(H2,23,24,25,26,27);;2*1H2;;/q;+2;;;;/p-2. The van der Waals surface area contributed by atoms with Crippen molar-refractivity contribution in [2.75, 3.05) is 28.6 Å². The molecule has 4 rings (SSSR count). The van der Waals surface area contributed by atoms with Gasteiger partial charge in [0.25, 0.3) is 0 Å². The van der Waals surface area contributed by atoms with Gasteiger partial charge in [0, 0.05) is 24.5 Å². The van der Waals surface area contributed by atoms with Gasteiger partial charge in [-0.3, -0.25) is 0 Å². The minimum absolute atomic E-state index is 0.550. The van der Waals surface area contributed by atoms with Gasteiger partial charge in [0.2, 0.25) is 17.8 Å². The second-order valence-corrected chi connectivity index (χ2v) is 9.91. The molecule has 2 heterocycles. The van der Waals surface area contributed by atoms with E-state index in [1.807, 2.05) is 30.3 Å². The van der Waals surface area contributed by atoms with Gasteiger partial charge in [-0.1, -0.05) is 35.9 Å². The van der Waals surface area contributed by atoms with Gasteiger partial charge in [-0.25, -0.2) is 0 Å². The van der Waals surface area contributed by atoms with E-state index < -0.39 is 16.7 Å². The van der Waals surface area contributed by atoms with Crippen LogP contribution < -0.4 is 15.5 Å². The molecule has 0 spiro atoms. The van der Waals surface area contributed by atoms with Crippen molar-refractivity contribution in [3.05, 3.63) is 59.7 Å². The molecular formula is C22H28MoN6O4. The molecule has 176 valence electrons. The van der Waals surface area contributed by atoms with Crippen LogP contribution in [0.3, 0.4) is 0 Å². The SMILES string of the molecule is Cc1ccc(Nc2nc(Nc3ccccc3)nc(N3CCCCC3)n2)c(C)c1.[O]=[Mo](=[O])([OH])[OH]. The van der Waals surface area contributed by atoms with Crippen molar-refractivity contribution in [2.24, 2.45) is 0 Å². The van der Waals surface area contributed by atoms with Crippen molar-refractivity contribution in [1.82, 2.24) is 15.0 Å². The van der Waals surface area contributed by atoms with Crippen molar-refractivity contribution in [1.29, 1.82) is 0 Å². The van der Waals surface area contributed by atoms with Crippen LogP contribution in [0.5, 0.6) is 0 Å². The Balaban J connectivity index is 0.000000555. The molecular weight excluding hydrogens is 508 g/mol. The van der Waals surface area contributed by atoms with Crippen LogP contribution in [-0.4, -0.2) is 35.6 Å². The Hall–Kier alpha value is -2.94. The maximum atomic E-state index is 8.85. The van der Waals surface area contributed by atoms with Crippen LogP contribution in [0.2, 0.25) is 0 Å². The van der Waals surface area contributed by atoms with Crippen LogP contribution in [0.25, 0.3) is 0 Å². The Morgan fingerprint density at radius 1 is 0.848 bits per heavy atom. The Labute approximate surface area is 196 Å². The molecule has 0 radical (unpaired) electrons. The quantitative estimate of drug-likeness (QED) is 0.358. The van der Waals surface area contributed by atoms with Gasteiger partial charge in [-0.05, 0) is 56.9 Å². The van der Waals surface area contributed by atoms with E-state index in [1.54, 1.807) is 0 Å². The molecule has 1 aliphatic heterocycles. The molecule has 4 N–H and O–H groups in total. The van der Waals surface area contributed by atoms with Gasteiger partial charge in [0.1, 0.15) is 0 Å². The molecule has 0 bridgehead atoms. The first-order valence-electron chi connectivity index (χ1n) is 10.5. The van der Waals surface area contributed by atoms with Crippen LogP contribution in [0, 0.1) is 13.8 Å². The monoisotopic (exact) mass is 538 g/mol. The normalized spacial score (nSPS) is 13.6. The van der Waals surface area contributed by atoms with Gasteiger partial charge in [0.05, 0.1) is 0 Å². The summed E-state index contributed by atoms with van der Waals surface area (Å²) in [6, 6.07) is 16.3. The Morgan fingerprint density at radius 3 is 2.06 bits per heavy atom. The number of piperidine rings is 1. The first-order valence-corrected chi connectivity index (χ1v) is 14.0. The van der Waals surface area contributed by atoms with Crippen LogP contribution in [0.4, 0.5) is 29.2 Å². The molecule has 33 heavy (non-hydrogen) atoms. The summed E-state index contributed by atoms with van der Waals surface area (Å²) in [6.45, 7) is 6.15. The molecule has 0 aliphatic carbocycles. The molecule has 1 fully saturated rings. The fourth-order valence-corrected chi connectivity index (χ4v) is 3.44. The average Bonchev–Trinajstić information content (AvgIpc) is 2.76. The van der Waals surface area contributed by atoms with Crippen LogP contribution >= 0.6 is 0 Å². The average molecular weight is 536 g/mol. The summed E-state index contributed by atoms with van der Waals surface area (Å²) in [5, 5.41) is 6.68. The number of aromatic nitrogens is 3. The van der Waals surface area contributed by atoms with Crippen LogP contribution in [0.1, 0.15) is 30.4 Å². The molecule has 1 aromatic heterocycles. The van der Waals surface area contributed by atoms with Crippen molar-refractivity contribution in [3.63, 3.8) is 0 Å². The molecule has 0 saturated carbocycles. The van der Waals surface area contributed by atoms with E-state index >= 15 is 0 Å². The summed E-state index contributed by atoms with van der Waals surface area (Å²) < 4.78 is 32.0. The van der Waals surface area contributed by atoms with Crippen molar-refractivity contribution >= 4 is 29.2 Å². The summed E-state index contributed by atoms with van der Waals surface area (Å²) >= 11 is -5.52. The number of nitrogens with zero attached hydrogens (tertiary/aromatic N) is 4. The third-order valence-electron chi connectivity index (χ3n) is 4.92. The third-order valence-corrected chi connectivity index (χ3v) is 4.92. The van der Waals surface area contributed by atoms with Crippen LogP contribution in [-0.2, 0) is 23.5 Å². The van der Waals surface area contributed by atoms with Crippen molar-refractivity contribution < 1.29 is 31.1 Å². The fourth-order valence-electron chi connectivity index (χ4n) is 3.44. The summed E-state index contributed by atoms with van der Waals surface area (Å²) in [5.74, 6) is 1.83. The van der Waals surface area contributed by atoms with Gasteiger partial charge in [-0.15, -0.1) is 0 Å². The van der Waals surface area contributed by atoms with Crippen LogP contribution in [0.15, 0.2) is 48.5 Å². The maximum absolute atomic E-state index is 8.85. The predicted molar refractivity (Wildman–Crippen MR) is 121 cm³/mol. The van der Waals surface area contributed by atoms with Crippen molar-refractivity contribution in [3.8, 4) is 0 Å². The molecule has 1 aliphatic rings. The van der Waals surface area contributed by atoms with E-state index in [4.69, 9.17) is 19.3 Å². The summed E-state index contributed by atoms with van der Waals surface area (Å²) in [7, 11) is 0. The number of anilines is 5. The Bertz CT molecular complexity index is 1160. The topological polar surface area (TPSA) is 141 Å². The van der Waals surface area contributed by atoms with E-state index in [1.165, 1.54) is 24.8 Å². The van der Waals surface area contributed by atoms with E-state index in [-0.39, 0.29) is 0 Å². The number of hydrogen-bond acceptors (Lipinski definition) is 8. The summed E-state index contributed by atoms with van der Waals surface area (Å²) in [5.41, 5.74) is 4.36. The van der Waals surface area contributed by atoms with Crippen molar-refractivity contribution in [2.45, 2.75) is 33.1 Å². The fraction of sp³-hybridized carbons (Fsp3) is 0.318. The van der Waals surface area contributed by atoms with Gasteiger partial charge < -0.3 is 15.5 Å². The molecule has 0 atom stereocenters. The molecule has 10 nitrogen and oxygen atoms in total. The molecule has 1 saturated heterocycles. The number of nitrogens with one attached hydrogen (secondary N) is 2. The van der Waals surface area contributed by atoms with E-state index in [0.29, 0.717) is 11.9 Å². The number of hydrogen-bond donors (Lipinski definition) is 4. The second-order valence-electron chi connectivity index (χ2n) is 7.71. The third kappa shape index (κ3) is 8.49. The molecule has 0 unspecified atom stereocenters. The second kappa shape index (κ2) is 11.3. The van der Waals surface area contributed by atoms with E-state index in [9.17, 15) is 0 Å². The zero-order valence-corrected chi connectivity index (χ0v) is 20.6. The Kier molecular flexibility index (Phi) is 8.43. The number of rotatable bonds is 5. The first kappa shape index (κ1) is 24.7. The molecule has 3 aromatic rings. The molecule has 11 heteroatoms. The molecule has 2 aromatic carbocycles. The number of para-hydroxylation sites is 1. The summed E-state index contributed by atoms with van der Waals surface area (Å²) in [6.07, 6.45) is 3.62. The van der Waals surface area contributed by atoms with Gasteiger partial charge >= 0.3 is 31.1 Å². The number of aryl methyl sites for hydroxylation is 2. The van der Waals surface area contributed by atoms with E-state index in [2.05, 4.69) is 57.5 Å². The minimum atomic E-state index is -5.52. The summed E-state index contributed by atoms with van der Waals surface area (Å²) in [4.78, 5) is 16.2.